The summed E-state index contributed by atoms with van der Waals surface area (Å²) in [6, 6.07) is 6.37. The zero-order valence-electron chi connectivity index (χ0n) is 10.4. The number of nitrogen functional groups attached to an aromatic ring is 1. The quantitative estimate of drug-likeness (QED) is 0.739. The molecule has 4 rings (SSSR count). The topological polar surface area (TPSA) is 56.7 Å². The van der Waals surface area contributed by atoms with Crippen molar-refractivity contribution in [1.82, 2.24) is 14.5 Å². The number of nitrogens with two attached hydrogens (primary N) is 1. The maximum Gasteiger partial charge on any atom is 0.203 e. The molecule has 0 aliphatic heterocycles. The van der Waals surface area contributed by atoms with Crippen molar-refractivity contribution < 1.29 is 0 Å². The van der Waals surface area contributed by atoms with Crippen molar-refractivity contribution in [2.75, 3.05) is 5.73 Å². The Morgan fingerprint density at radius 1 is 1.37 bits per heavy atom. The molecular formula is C14H14N4S. The van der Waals surface area contributed by atoms with Gasteiger partial charge in [0.25, 0.3) is 0 Å². The molecule has 2 N–H and O–H groups in total. The van der Waals surface area contributed by atoms with Gasteiger partial charge < -0.3 is 5.73 Å². The third-order valence-corrected chi connectivity index (χ3v) is 4.80. The minimum absolute atomic E-state index is 0.287. The van der Waals surface area contributed by atoms with Gasteiger partial charge in [-0.2, -0.15) is 0 Å². The van der Waals surface area contributed by atoms with Crippen LogP contribution in [0.25, 0.3) is 11.2 Å². The Morgan fingerprint density at radius 3 is 3.26 bits per heavy atom. The second-order valence-corrected chi connectivity index (χ2v) is 5.89. The Bertz CT molecular complexity index is 743. The van der Waals surface area contributed by atoms with Gasteiger partial charge in [0.2, 0.25) is 5.95 Å². The summed E-state index contributed by atoms with van der Waals surface area (Å²) in [4.78, 5) is 10.4. The van der Waals surface area contributed by atoms with Crippen LogP contribution < -0.4 is 5.73 Å². The number of aryl methyl sites for hydroxylation is 1. The van der Waals surface area contributed by atoms with Crippen LogP contribution in [0.3, 0.4) is 0 Å². The van der Waals surface area contributed by atoms with Crippen LogP contribution in [0.1, 0.15) is 29.3 Å². The van der Waals surface area contributed by atoms with Gasteiger partial charge in [-0.3, -0.25) is 4.57 Å². The summed E-state index contributed by atoms with van der Waals surface area (Å²) in [6.45, 7) is 0. The van der Waals surface area contributed by atoms with Gasteiger partial charge in [0.15, 0.2) is 5.65 Å². The number of pyridine rings is 1. The van der Waals surface area contributed by atoms with E-state index >= 15 is 0 Å². The molecular weight excluding hydrogens is 256 g/mol. The minimum Gasteiger partial charge on any atom is -0.369 e. The van der Waals surface area contributed by atoms with Gasteiger partial charge in [-0.15, -0.1) is 11.3 Å². The maximum atomic E-state index is 6.13. The fraction of sp³-hybridized carbons (Fsp3) is 0.286. The third-order valence-electron chi connectivity index (χ3n) is 3.81. The second-order valence-electron chi connectivity index (χ2n) is 4.89. The van der Waals surface area contributed by atoms with E-state index in [1.165, 1.54) is 23.3 Å². The van der Waals surface area contributed by atoms with Crippen molar-refractivity contribution in [2.45, 2.75) is 25.3 Å². The lowest BCUT2D eigenvalue weighted by Crippen LogP contribution is -2.17. The highest BCUT2D eigenvalue weighted by Gasteiger charge is 2.26. The summed E-state index contributed by atoms with van der Waals surface area (Å²) in [5.41, 5.74) is 9.29. The van der Waals surface area contributed by atoms with Gasteiger partial charge in [-0.05, 0) is 48.4 Å². The molecule has 0 fully saturated rings. The maximum absolute atomic E-state index is 6.13. The largest absolute Gasteiger partial charge is 0.369 e. The zero-order valence-corrected chi connectivity index (χ0v) is 11.2. The molecule has 96 valence electrons. The molecule has 4 nitrogen and oxygen atoms in total. The van der Waals surface area contributed by atoms with E-state index in [1.807, 2.05) is 23.5 Å². The van der Waals surface area contributed by atoms with Crippen LogP contribution in [0.2, 0.25) is 0 Å². The molecule has 0 radical (unpaired) electrons. The fourth-order valence-corrected chi connectivity index (χ4v) is 3.97. The number of rotatable bonds is 1. The van der Waals surface area contributed by atoms with Crippen molar-refractivity contribution in [1.29, 1.82) is 0 Å². The number of aromatic nitrogens is 3. The van der Waals surface area contributed by atoms with Gasteiger partial charge in [-0.1, -0.05) is 0 Å². The van der Waals surface area contributed by atoms with Crippen LogP contribution in [0.15, 0.2) is 29.8 Å². The molecule has 19 heavy (non-hydrogen) atoms. The average Bonchev–Trinajstić information content (AvgIpc) is 3.01. The van der Waals surface area contributed by atoms with Crippen LogP contribution >= 0.6 is 11.3 Å². The van der Waals surface area contributed by atoms with E-state index in [0.29, 0.717) is 5.95 Å². The Balaban J connectivity index is 1.95. The van der Waals surface area contributed by atoms with Gasteiger partial charge in [0.1, 0.15) is 5.52 Å². The van der Waals surface area contributed by atoms with Gasteiger partial charge in [0.05, 0.1) is 6.04 Å². The predicted octanol–water partition coefficient (Wildman–Crippen LogP) is 3.00. The number of anilines is 1. The molecule has 0 spiro atoms. The second kappa shape index (κ2) is 4.06. The Kier molecular flexibility index (Phi) is 2.35. The first kappa shape index (κ1) is 11.0. The third kappa shape index (κ3) is 1.58. The molecule has 0 saturated carbocycles. The van der Waals surface area contributed by atoms with E-state index < -0.39 is 0 Å². The van der Waals surface area contributed by atoms with E-state index in [-0.39, 0.29) is 6.04 Å². The summed E-state index contributed by atoms with van der Waals surface area (Å²) < 4.78 is 2.10. The minimum atomic E-state index is 0.287. The van der Waals surface area contributed by atoms with Crippen molar-refractivity contribution in [2.24, 2.45) is 0 Å². The van der Waals surface area contributed by atoms with E-state index in [9.17, 15) is 0 Å². The molecule has 3 heterocycles. The normalized spacial score (nSPS) is 18.6. The zero-order chi connectivity index (χ0) is 12.8. The van der Waals surface area contributed by atoms with Crippen LogP contribution in [0, 0.1) is 0 Å². The van der Waals surface area contributed by atoms with Crippen molar-refractivity contribution in [3.05, 3.63) is 40.2 Å². The van der Waals surface area contributed by atoms with Gasteiger partial charge >= 0.3 is 0 Å². The lowest BCUT2D eigenvalue weighted by atomic mass is 9.94. The first-order valence-electron chi connectivity index (χ1n) is 6.49. The van der Waals surface area contributed by atoms with Crippen molar-refractivity contribution in [3.8, 4) is 0 Å². The molecule has 3 aromatic rings. The van der Waals surface area contributed by atoms with E-state index in [1.54, 1.807) is 6.20 Å². The Morgan fingerprint density at radius 2 is 2.32 bits per heavy atom. The summed E-state index contributed by atoms with van der Waals surface area (Å²) >= 11 is 1.84. The molecule has 1 atom stereocenters. The molecule has 1 aliphatic rings. The summed E-state index contributed by atoms with van der Waals surface area (Å²) in [5, 5.41) is 2.17. The molecule has 0 saturated heterocycles. The number of fused-ring (bicyclic) bond motifs is 2. The lowest BCUT2D eigenvalue weighted by Gasteiger charge is -2.24. The molecule has 0 aromatic carbocycles. The summed E-state index contributed by atoms with van der Waals surface area (Å²) in [5.74, 6) is 0.567. The van der Waals surface area contributed by atoms with Crippen LogP contribution in [-0.4, -0.2) is 14.5 Å². The SMILES string of the molecule is Nc1nc2cccnc2n1C1CCCc2sccc21. The molecule has 3 aromatic heterocycles. The highest BCUT2D eigenvalue weighted by Crippen LogP contribution is 2.38. The van der Waals surface area contributed by atoms with Gasteiger partial charge in [0, 0.05) is 11.1 Å². The number of hydrogen-bond acceptors (Lipinski definition) is 4. The Labute approximate surface area is 114 Å². The predicted molar refractivity (Wildman–Crippen MR) is 77.3 cm³/mol. The monoisotopic (exact) mass is 270 g/mol. The highest BCUT2D eigenvalue weighted by atomic mass is 32.1. The number of thiophene rings is 1. The Hall–Kier alpha value is -1.88. The van der Waals surface area contributed by atoms with E-state index in [4.69, 9.17) is 5.73 Å². The molecule has 1 unspecified atom stereocenters. The molecule has 5 heteroatoms. The number of hydrogen-bond donors (Lipinski definition) is 1. The highest BCUT2D eigenvalue weighted by molar-refractivity contribution is 7.10. The average molecular weight is 270 g/mol. The van der Waals surface area contributed by atoms with Crippen molar-refractivity contribution >= 4 is 28.4 Å². The van der Waals surface area contributed by atoms with Gasteiger partial charge in [-0.25, -0.2) is 9.97 Å². The fourth-order valence-electron chi connectivity index (χ4n) is 2.98. The smallest absolute Gasteiger partial charge is 0.203 e. The van der Waals surface area contributed by atoms with Crippen LogP contribution in [-0.2, 0) is 6.42 Å². The number of imidazole rings is 1. The lowest BCUT2D eigenvalue weighted by molar-refractivity contribution is 0.508. The van der Waals surface area contributed by atoms with Crippen molar-refractivity contribution in [3.63, 3.8) is 0 Å². The first-order valence-corrected chi connectivity index (χ1v) is 7.37. The van der Waals surface area contributed by atoms with E-state index in [0.717, 1.165) is 17.6 Å². The van der Waals surface area contributed by atoms with Crippen LogP contribution in [0.5, 0.6) is 0 Å². The molecule has 0 amide bonds. The van der Waals surface area contributed by atoms with Crippen LogP contribution in [0.4, 0.5) is 5.95 Å². The summed E-state index contributed by atoms with van der Waals surface area (Å²) in [6.07, 6.45) is 5.29. The first-order chi connectivity index (χ1) is 9.34. The summed E-state index contributed by atoms with van der Waals surface area (Å²) in [7, 11) is 0. The standard InChI is InChI=1S/C14H14N4S/c15-14-17-10-3-2-7-16-13(10)18(14)11-4-1-5-12-9(11)6-8-19-12/h2-3,6-8,11H,1,4-5H2,(H2,15,17). The molecule has 1 aliphatic carbocycles. The molecule has 0 bridgehead atoms. The number of nitrogens with zero attached hydrogens (tertiary/aromatic N) is 3. The van der Waals surface area contributed by atoms with E-state index in [2.05, 4.69) is 26.0 Å².